The molecule has 1 N–H and O–H groups in total. The van der Waals surface area contributed by atoms with Crippen LogP contribution in [0.15, 0.2) is 0 Å². The van der Waals surface area contributed by atoms with Crippen LogP contribution in [-0.4, -0.2) is 45.7 Å². The fourth-order valence-electron chi connectivity index (χ4n) is 1.95. The number of methoxy groups -OCH3 is 1. The standard InChI is InChI=1S/C12H27NO3S/c1-6-12(3,16-4)11(13-7-2)9-8-10-17(5,14)15/h11,13H,6-10H2,1-5H3. The maximum atomic E-state index is 11.1. The molecule has 17 heavy (non-hydrogen) atoms. The first-order valence-electron chi connectivity index (χ1n) is 6.25. The third-order valence-corrected chi connectivity index (χ3v) is 4.39. The summed E-state index contributed by atoms with van der Waals surface area (Å²) >= 11 is 0. The van der Waals surface area contributed by atoms with Gasteiger partial charge in [0.2, 0.25) is 0 Å². The Morgan fingerprint density at radius 1 is 1.35 bits per heavy atom. The van der Waals surface area contributed by atoms with Crippen LogP contribution in [0.5, 0.6) is 0 Å². The van der Waals surface area contributed by atoms with Gasteiger partial charge in [-0.05, 0) is 32.7 Å². The van der Waals surface area contributed by atoms with Gasteiger partial charge in [-0.2, -0.15) is 0 Å². The zero-order valence-corrected chi connectivity index (χ0v) is 12.6. The maximum absolute atomic E-state index is 11.1. The van der Waals surface area contributed by atoms with E-state index in [1.165, 1.54) is 6.26 Å². The van der Waals surface area contributed by atoms with Crippen molar-refractivity contribution in [2.45, 2.75) is 51.7 Å². The number of likely N-dealkylation sites (N-methyl/N-ethyl adjacent to an activating group) is 1. The summed E-state index contributed by atoms with van der Waals surface area (Å²) in [6.07, 6.45) is 3.68. The quantitative estimate of drug-likeness (QED) is 0.688. The van der Waals surface area contributed by atoms with Gasteiger partial charge in [0.25, 0.3) is 0 Å². The molecule has 0 aromatic heterocycles. The molecule has 104 valence electrons. The SMILES string of the molecule is CCNC(CCCS(C)(=O)=O)C(C)(CC)OC. The number of hydrogen-bond donors (Lipinski definition) is 1. The summed E-state index contributed by atoms with van der Waals surface area (Å²) in [5.41, 5.74) is -0.229. The van der Waals surface area contributed by atoms with E-state index in [1.54, 1.807) is 7.11 Å². The van der Waals surface area contributed by atoms with E-state index in [2.05, 4.69) is 26.1 Å². The average Bonchev–Trinajstić information content (AvgIpc) is 2.25. The highest BCUT2D eigenvalue weighted by Gasteiger charge is 2.31. The van der Waals surface area contributed by atoms with Gasteiger partial charge in [-0.15, -0.1) is 0 Å². The van der Waals surface area contributed by atoms with Crippen molar-refractivity contribution in [3.8, 4) is 0 Å². The lowest BCUT2D eigenvalue weighted by atomic mass is 9.90. The molecule has 2 unspecified atom stereocenters. The summed E-state index contributed by atoms with van der Waals surface area (Å²) in [5.74, 6) is 0.248. The van der Waals surface area contributed by atoms with E-state index in [9.17, 15) is 8.42 Å². The second-order valence-corrected chi connectivity index (χ2v) is 7.01. The van der Waals surface area contributed by atoms with Crippen LogP contribution in [0.4, 0.5) is 0 Å². The van der Waals surface area contributed by atoms with Crippen LogP contribution < -0.4 is 5.32 Å². The number of hydrogen-bond acceptors (Lipinski definition) is 4. The Balaban J connectivity index is 4.43. The molecule has 0 aliphatic carbocycles. The lowest BCUT2D eigenvalue weighted by molar-refractivity contribution is -0.0307. The normalized spacial score (nSPS) is 17.7. The third kappa shape index (κ3) is 6.38. The zero-order chi connectivity index (χ0) is 13.5. The van der Waals surface area contributed by atoms with E-state index >= 15 is 0 Å². The van der Waals surface area contributed by atoms with Gasteiger partial charge in [-0.1, -0.05) is 13.8 Å². The van der Waals surface area contributed by atoms with Crippen LogP contribution in [0.1, 0.15) is 40.0 Å². The fraction of sp³-hybridized carbons (Fsp3) is 1.00. The lowest BCUT2D eigenvalue weighted by Crippen LogP contribution is -2.49. The third-order valence-electron chi connectivity index (χ3n) is 3.36. The van der Waals surface area contributed by atoms with Gasteiger partial charge in [0.05, 0.1) is 5.60 Å². The molecule has 0 bridgehead atoms. The van der Waals surface area contributed by atoms with E-state index in [1.807, 2.05) is 0 Å². The van der Waals surface area contributed by atoms with Crippen molar-refractivity contribution < 1.29 is 13.2 Å². The van der Waals surface area contributed by atoms with Gasteiger partial charge >= 0.3 is 0 Å². The summed E-state index contributed by atoms with van der Waals surface area (Å²) in [6, 6.07) is 0.198. The highest BCUT2D eigenvalue weighted by molar-refractivity contribution is 7.90. The Morgan fingerprint density at radius 3 is 2.29 bits per heavy atom. The summed E-state index contributed by atoms with van der Waals surface area (Å²) in [6.45, 7) is 7.07. The molecule has 0 amide bonds. The summed E-state index contributed by atoms with van der Waals surface area (Å²) in [5, 5.41) is 3.39. The molecule has 0 heterocycles. The van der Waals surface area contributed by atoms with Crippen molar-refractivity contribution in [1.82, 2.24) is 5.32 Å². The molecule has 0 aliphatic heterocycles. The minimum absolute atomic E-state index is 0.198. The topological polar surface area (TPSA) is 55.4 Å². The molecule has 0 radical (unpaired) electrons. The minimum Gasteiger partial charge on any atom is -0.377 e. The van der Waals surface area contributed by atoms with Crippen LogP contribution >= 0.6 is 0 Å². The second kappa shape index (κ2) is 7.34. The van der Waals surface area contributed by atoms with Gasteiger partial charge in [0.1, 0.15) is 9.84 Å². The molecule has 5 heteroatoms. The van der Waals surface area contributed by atoms with E-state index in [4.69, 9.17) is 4.74 Å². The van der Waals surface area contributed by atoms with Crippen molar-refractivity contribution in [3.63, 3.8) is 0 Å². The monoisotopic (exact) mass is 265 g/mol. The van der Waals surface area contributed by atoms with Gasteiger partial charge in [0, 0.05) is 25.2 Å². The van der Waals surface area contributed by atoms with E-state index in [-0.39, 0.29) is 17.4 Å². The van der Waals surface area contributed by atoms with Gasteiger partial charge in [-0.25, -0.2) is 8.42 Å². The van der Waals surface area contributed by atoms with Crippen molar-refractivity contribution in [3.05, 3.63) is 0 Å². The molecule has 4 nitrogen and oxygen atoms in total. The Hall–Kier alpha value is -0.130. The van der Waals surface area contributed by atoms with Crippen molar-refractivity contribution in [2.24, 2.45) is 0 Å². The summed E-state index contributed by atoms with van der Waals surface area (Å²) in [7, 11) is -1.15. The van der Waals surface area contributed by atoms with Crippen molar-refractivity contribution >= 4 is 9.84 Å². The van der Waals surface area contributed by atoms with E-state index in [0.29, 0.717) is 6.42 Å². The molecule has 2 atom stereocenters. The molecule has 0 rings (SSSR count). The molecule has 0 aliphatic rings. The van der Waals surface area contributed by atoms with E-state index < -0.39 is 9.84 Å². The largest absolute Gasteiger partial charge is 0.377 e. The van der Waals surface area contributed by atoms with Gasteiger partial charge in [0.15, 0.2) is 0 Å². The van der Waals surface area contributed by atoms with E-state index in [0.717, 1.165) is 19.4 Å². The van der Waals surface area contributed by atoms with Crippen LogP contribution in [0.25, 0.3) is 0 Å². The van der Waals surface area contributed by atoms with Crippen molar-refractivity contribution in [2.75, 3.05) is 25.7 Å². The number of nitrogens with one attached hydrogen (secondary N) is 1. The molecular weight excluding hydrogens is 238 g/mol. The maximum Gasteiger partial charge on any atom is 0.147 e. The molecule has 0 spiro atoms. The highest BCUT2D eigenvalue weighted by atomic mass is 32.2. The second-order valence-electron chi connectivity index (χ2n) is 4.75. The van der Waals surface area contributed by atoms with Crippen molar-refractivity contribution in [1.29, 1.82) is 0 Å². The number of sulfone groups is 1. The molecule has 0 aromatic rings. The molecule has 0 aromatic carbocycles. The smallest absolute Gasteiger partial charge is 0.147 e. The molecule has 0 saturated carbocycles. The first kappa shape index (κ1) is 16.9. The minimum atomic E-state index is -2.86. The van der Waals surface area contributed by atoms with Crippen LogP contribution in [0.3, 0.4) is 0 Å². The van der Waals surface area contributed by atoms with Crippen LogP contribution in [0.2, 0.25) is 0 Å². The summed E-state index contributed by atoms with van der Waals surface area (Å²) < 4.78 is 27.8. The Labute approximate surface area is 106 Å². The predicted octanol–water partition coefficient (Wildman–Crippen LogP) is 1.60. The number of ether oxygens (including phenoxy) is 1. The Kier molecular flexibility index (Phi) is 7.28. The zero-order valence-electron chi connectivity index (χ0n) is 11.7. The Morgan fingerprint density at radius 2 is 1.94 bits per heavy atom. The summed E-state index contributed by atoms with van der Waals surface area (Å²) in [4.78, 5) is 0. The van der Waals surface area contributed by atoms with Crippen LogP contribution in [0, 0.1) is 0 Å². The molecule has 0 saturated heterocycles. The Bertz CT molecular complexity index is 297. The van der Waals surface area contributed by atoms with Gasteiger partial charge in [-0.3, -0.25) is 0 Å². The average molecular weight is 265 g/mol. The van der Waals surface area contributed by atoms with Gasteiger partial charge < -0.3 is 10.1 Å². The lowest BCUT2D eigenvalue weighted by Gasteiger charge is -2.36. The van der Waals surface area contributed by atoms with Crippen LogP contribution in [-0.2, 0) is 14.6 Å². The predicted molar refractivity (Wildman–Crippen MR) is 72.1 cm³/mol. The first-order chi connectivity index (χ1) is 7.79. The molecular formula is C12H27NO3S. The first-order valence-corrected chi connectivity index (χ1v) is 8.31. The highest BCUT2D eigenvalue weighted by Crippen LogP contribution is 2.22. The fourth-order valence-corrected chi connectivity index (χ4v) is 2.64. The molecule has 0 fully saturated rings. The number of rotatable bonds is 9.